The summed E-state index contributed by atoms with van der Waals surface area (Å²) in [6.07, 6.45) is 3.13. The van der Waals surface area contributed by atoms with Gasteiger partial charge in [0.25, 0.3) is 0 Å². The van der Waals surface area contributed by atoms with Crippen LogP contribution in [-0.4, -0.2) is 29.1 Å². The first-order valence-corrected chi connectivity index (χ1v) is 9.28. The Hall–Kier alpha value is -1.87. The lowest BCUT2D eigenvalue weighted by molar-refractivity contribution is 0.0322. The average Bonchev–Trinajstić information content (AvgIpc) is 2.60. The number of fused-ring (bicyclic) bond motifs is 4. The maximum atomic E-state index is 13.1. The van der Waals surface area contributed by atoms with Crippen molar-refractivity contribution in [3.8, 4) is 5.75 Å². The van der Waals surface area contributed by atoms with Crippen LogP contribution in [0, 0.1) is 11.7 Å². The fraction of sp³-hybridized carbons (Fsp3) is 0.455. The Bertz CT molecular complexity index is 772. The van der Waals surface area contributed by atoms with Gasteiger partial charge in [0, 0.05) is 12.6 Å². The Morgan fingerprint density at radius 3 is 2.72 bits per heavy atom. The fourth-order valence-electron chi connectivity index (χ4n) is 4.90. The first-order valence-electron chi connectivity index (χ1n) is 9.28. The standard InChI is InChI=1S/C22H26FNO/c1-15-21-13-17-5-8-19(25)14-20(17)22(15,2)10-12-24(21)11-9-16-3-6-18(23)7-4-16/h3-8,14-15,21,25H,9-13H2,1-2H3/t15-,21-,22-/m1/s1. The third-order valence-corrected chi connectivity index (χ3v) is 6.71. The molecule has 2 nitrogen and oxygen atoms in total. The Kier molecular flexibility index (Phi) is 4.07. The fourth-order valence-corrected chi connectivity index (χ4v) is 4.90. The van der Waals surface area contributed by atoms with E-state index in [1.165, 1.54) is 16.7 Å². The zero-order chi connectivity index (χ0) is 17.6. The molecule has 1 N–H and O–H groups in total. The van der Waals surface area contributed by atoms with E-state index in [-0.39, 0.29) is 11.2 Å². The summed E-state index contributed by atoms with van der Waals surface area (Å²) in [5.41, 5.74) is 4.07. The van der Waals surface area contributed by atoms with Crippen LogP contribution in [0.3, 0.4) is 0 Å². The molecule has 0 amide bonds. The second-order valence-corrected chi connectivity index (χ2v) is 7.98. The molecule has 25 heavy (non-hydrogen) atoms. The molecule has 1 fully saturated rings. The highest BCUT2D eigenvalue weighted by Crippen LogP contribution is 2.49. The van der Waals surface area contributed by atoms with Crippen molar-refractivity contribution in [2.45, 2.75) is 44.6 Å². The van der Waals surface area contributed by atoms with Gasteiger partial charge >= 0.3 is 0 Å². The molecule has 1 heterocycles. The molecule has 2 aromatic carbocycles. The van der Waals surface area contributed by atoms with Crippen LogP contribution in [-0.2, 0) is 18.3 Å². The van der Waals surface area contributed by atoms with E-state index in [1.54, 1.807) is 12.1 Å². The van der Waals surface area contributed by atoms with Crippen LogP contribution in [0.15, 0.2) is 42.5 Å². The van der Waals surface area contributed by atoms with Crippen LogP contribution < -0.4 is 0 Å². The third kappa shape index (κ3) is 2.85. The molecule has 0 spiro atoms. The lowest BCUT2D eigenvalue weighted by Gasteiger charge is -2.54. The molecule has 4 rings (SSSR count). The predicted molar refractivity (Wildman–Crippen MR) is 98.4 cm³/mol. The highest BCUT2D eigenvalue weighted by Gasteiger charge is 2.48. The predicted octanol–water partition coefficient (Wildman–Crippen LogP) is 4.30. The molecule has 2 bridgehead atoms. The van der Waals surface area contributed by atoms with Crippen molar-refractivity contribution in [1.82, 2.24) is 4.90 Å². The topological polar surface area (TPSA) is 23.5 Å². The zero-order valence-electron chi connectivity index (χ0n) is 15.0. The van der Waals surface area contributed by atoms with Crippen molar-refractivity contribution in [2.24, 2.45) is 5.92 Å². The van der Waals surface area contributed by atoms with Gasteiger partial charge in [-0.15, -0.1) is 0 Å². The molecule has 0 radical (unpaired) electrons. The summed E-state index contributed by atoms with van der Waals surface area (Å²) in [5, 5.41) is 9.93. The lowest BCUT2D eigenvalue weighted by atomic mass is 9.59. The van der Waals surface area contributed by atoms with Gasteiger partial charge in [0.1, 0.15) is 11.6 Å². The summed E-state index contributed by atoms with van der Waals surface area (Å²) in [6.45, 7) is 6.83. The molecule has 1 aliphatic heterocycles. The van der Waals surface area contributed by atoms with E-state index >= 15 is 0 Å². The van der Waals surface area contributed by atoms with Crippen LogP contribution in [0.25, 0.3) is 0 Å². The Morgan fingerprint density at radius 2 is 1.96 bits per heavy atom. The second kappa shape index (κ2) is 6.14. The van der Waals surface area contributed by atoms with Gasteiger partial charge in [-0.1, -0.05) is 32.0 Å². The SMILES string of the molecule is C[C@@H]1[C@H]2Cc3ccc(O)cc3[C@]1(C)CCN2CCc1ccc(F)cc1. The molecular formula is C22H26FNO. The molecule has 1 aliphatic carbocycles. The summed E-state index contributed by atoms with van der Waals surface area (Å²) in [7, 11) is 0. The van der Waals surface area contributed by atoms with Gasteiger partial charge in [-0.25, -0.2) is 4.39 Å². The highest BCUT2D eigenvalue weighted by molar-refractivity contribution is 5.44. The second-order valence-electron chi connectivity index (χ2n) is 7.98. The van der Waals surface area contributed by atoms with Crippen LogP contribution >= 0.6 is 0 Å². The molecule has 2 aromatic rings. The summed E-state index contributed by atoms with van der Waals surface area (Å²) in [5.74, 6) is 0.770. The van der Waals surface area contributed by atoms with Crippen molar-refractivity contribution in [3.63, 3.8) is 0 Å². The summed E-state index contributed by atoms with van der Waals surface area (Å²) in [6, 6.07) is 13.3. The number of rotatable bonds is 3. The summed E-state index contributed by atoms with van der Waals surface area (Å²) >= 11 is 0. The van der Waals surface area contributed by atoms with Crippen molar-refractivity contribution in [3.05, 3.63) is 65.0 Å². The number of hydrogen-bond donors (Lipinski definition) is 1. The van der Waals surface area contributed by atoms with E-state index in [1.807, 2.05) is 24.3 Å². The monoisotopic (exact) mass is 339 g/mol. The van der Waals surface area contributed by atoms with Gasteiger partial charge in [0.2, 0.25) is 0 Å². The van der Waals surface area contributed by atoms with Crippen LogP contribution in [0.1, 0.15) is 37.0 Å². The molecule has 132 valence electrons. The Balaban J connectivity index is 1.55. The van der Waals surface area contributed by atoms with Gasteiger partial charge in [0.15, 0.2) is 0 Å². The van der Waals surface area contributed by atoms with E-state index in [0.29, 0.717) is 17.7 Å². The molecule has 0 unspecified atom stereocenters. The maximum absolute atomic E-state index is 13.1. The molecule has 1 saturated heterocycles. The van der Waals surface area contributed by atoms with Crippen LogP contribution in [0.2, 0.25) is 0 Å². The minimum Gasteiger partial charge on any atom is -0.508 e. The van der Waals surface area contributed by atoms with E-state index in [2.05, 4.69) is 24.8 Å². The van der Waals surface area contributed by atoms with Gasteiger partial charge in [0.05, 0.1) is 0 Å². The van der Waals surface area contributed by atoms with E-state index in [9.17, 15) is 9.50 Å². The number of phenols is 1. The molecule has 3 atom stereocenters. The summed E-state index contributed by atoms with van der Waals surface area (Å²) < 4.78 is 13.1. The van der Waals surface area contributed by atoms with Crippen molar-refractivity contribution in [2.75, 3.05) is 13.1 Å². The smallest absolute Gasteiger partial charge is 0.123 e. The Morgan fingerprint density at radius 1 is 1.20 bits per heavy atom. The molecular weight excluding hydrogens is 313 g/mol. The summed E-state index contributed by atoms with van der Waals surface area (Å²) in [4.78, 5) is 2.62. The normalized spacial score (nSPS) is 28.6. The number of likely N-dealkylation sites (tertiary alicyclic amines) is 1. The number of benzene rings is 2. The minimum atomic E-state index is -0.168. The van der Waals surface area contributed by atoms with Crippen molar-refractivity contribution >= 4 is 0 Å². The minimum absolute atomic E-state index is 0.142. The van der Waals surface area contributed by atoms with Gasteiger partial charge in [-0.05, 0) is 78.1 Å². The molecule has 0 aromatic heterocycles. The number of halogens is 1. The highest BCUT2D eigenvalue weighted by atomic mass is 19.1. The first kappa shape index (κ1) is 16.6. The average molecular weight is 339 g/mol. The third-order valence-electron chi connectivity index (χ3n) is 6.71. The lowest BCUT2D eigenvalue weighted by Crippen LogP contribution is -2.58. The number of hydrogen-bond acceptors (Lipinski definition) is 2. The molecule has 3 heteroatoms. The zero-order valence-corrected chi connectivity index (χ0v) is 15.0. The largest absolute Gasteiger partial charge is 0.508 e. The van der Waals surface area contributed by atoms with Crippen molar-refractivity contribution < 1.29 is 9.50 Å². The van der Waals surface area contributed by atoms with Crippen molar-refractivity contribution in [1.29, 1.82) is 0 Å². The number of aromatic hydroxyl groups is 1. The number of nitrogens with zero attached hydrogens (tertiary/aromatic N) is 1. The first-order chi connectivity index (χ1) is 12.0. The van der Waals surface area contributed by atoms with Crippen LogP contribution in [0.4, 0.5) is 4.39 Å². The van der Waals surface area contributed by atoms with E-state index in [0.717, 1.165) is 32.4 Å². The molecule has 0 saturated carbocycles. The Labute approximate surface area is 149 Å². The number of phenolic OH excluding ortho intramolecular Hbond substituents is 1. The number of piperidine rings is 1. The van der Waals surface area contributed by atoms with Gasteiger partial charge in [-0.3, -0.25) is 4.90 Å². The van der Waals surface area contributed by atoms with Gasteiger partial charge < -0.3 is 5.11 Å². The van der Waals surface area contributed by atoms with Gasteiger partial charge in [-0.2, -0.15) is 0 Å². The van der Waals surface area contributed by atoms with Crippen LogP contribution in [0.5, 0.6) is 5.75 Å². The molecule has 2 aliphatic rings. The van der Waals surface area contributed by atoms with E-state index in [4.69, 9.17) is 0 Å². The van der Waals surface area contributed by atoms with E-state index < -0.39 is 0 Å². The quantitative estimate of drug-likeness (QED) is 0.901. The maximum Gasteiger partial charge on any atom is 0.123 e.